The first-order valence-electron chi connectivity index (χ1n) is 6.44. The number of carbonyl (C=O) groups excluding carboxylic acids is 1. The molecule has 1 aromatic rings. The Balaban J connectivity index is 1.98. The first-order valence-corrected chi connectivity index (χ1v) is 6.44. The van der Waals surface area contributed by atoms with Gasteiger partial charge in [-0.2, -0.15) is 0 Å². The number of likely N-dealkylation sites (N-methyl/N-ethyl adjacent to an activating group) is 1. The second-order valence-corrected chi connectivity index (χ2v) is 4.93. The highest BCUT2D eigenvalue weighted by molar-refractivity contribution is 5.76. The second-order valence-electron chi connectivity index (χ2n) is 4.93. The smallest absolute Gasteiger partial charge is 0.244 e. The Morgan fingerprint density at radius 3 is 3.00 bits per heavy atom. The number of aliphatic hydroxyl groups is 1. The molecule has 8 heteroatoms. The lowest BCUT2D eigenvalue weighted by Gasteiger charge is -2.38. The number of hydrogen-bond donors (Lipinski definition) is 1. The molecule has 1 fully saturated rings. The van der Waals surface area contributed by atoms with Crippen LogP contribution in [0.15, 0.2) is 6.20 Å². The SMILES string of the molecule is CO[C@@H]1COC[C@@H](N(C)C(=O)Cn2cc(C)nn2)[C@@H]1O. The summed E-state index contributed by atoms with van der Waals surface area (Å²) in [6.07, 6.45) is 0.509. The molecule has 0 spiro atoms. The number of amides is 1. The quantitative estimate of drug-likeness (QED) is 0.748. The molecule has 8 nitrogen and oxygen atoms in total. The van der Waals surface area contributed by atoms with Crippen LogP contribution in [0.4, 0.5) is 0 Å². The molecule has 0 saturated carbocycles. The van der Waals surface area contributed by atoms with Crippen LogP contribution >= 0.6 is 0 Å². The summed E-state index contributed by atoms with van der Waals surface area (Å²) in [5, 5.41) is 17.8. The first-order chi connectivity index (χ1) is 9.52. The average molecular weight is 284 g/mol. The maximum atomic E-state index is 12.2. The normalized spacial score (nSPS) is 26.5. The van der Waals surface area contributed by atoms with Crippen LogP contribution in [-0.4, -0.2) is 76.5 Å². The maximum Gasteiger partial charge on any atom is 0.244 e. The monoisotopic (exact) mass is 284 g/mol. The van der Waals surface area contributed by atoms with Gasteiger partial charge in [-0.1, -0.05) is 5.21 Å². The fourth-order valence-corrected chi connectivity index (χ4v) is 2.21. The van der Waals surface area contributed by atoms with Gasteiger partial charge >= 0.3 is 0 Å². The molecule has 1 aliphatic rings. The van der Waals surface area contributed by atoms with Crippen molar-refractivity contribution in [2.75, 3.05) is 27.4 Å². The van der Waals surface area contributed by atoms with E-state index in [0.717, 1.165) is 5.69 Å². The molecule has 0 aromatic carbocycles. The first kappa shape index (κ1) is 14.9. The molecule has 0 aliphatic carbocycles. The van der Waals surface area contributed by atoms with Crippen LogP contribution in [0.2, 0.25) is 0 Å². The van der Waals surface area contributed by atoms with Crippen LogP contribution in [0.5, 0.6) is 0 Å². The van der Waals surface area contributed by atoms with Crippen molar-refractivity contribution in [3.8, 4) is 0 Å². The fraction of sp³-hybridized carbons (Fsp3) is 0.750. The number of aliphatic hydroxyl groups excluding tert-OH is 1. The highest BCUT2D eigenvalue weighted by Crippen LogP contribution is 2.16. The van der Waals surface area contributed by atoms with Crippen molar-refractivity contribution in [1.29, 1.82) is 0 Å². The molecule has 0 unspecified atom stereocenters. The van der Waals surface area contributed by atoms with Crippen LogP contribution < -0.4 is 0 Å². The summed E-state index contributed by atoms with van der Waals surface area (Å²) in [5.74, 6) is -0.167. The van der Waals surface area contributed by atoms with Gasteiger partial charge in [-0.05, 0) is 6.92 Å². The van der Waals surface area contributed by atoms with E-state index >= 15 is 0 Å². The third kappa shape index (κ3) is 3.14. The second kappa shape index (κ2) is 6.29. The van der Waals surface area contributed by atoms with Gasteiger partial charge in [0.15, 0.2) is 0 Å². The van der Waals surface area contributed by atoms with Crippen molar-refractivity contribution < 1.29 is 19.4 Å². The summed E-state index contributed by atoms with van der Waals surface area (Å²) in [6.45, 7) is 2.51. The molecule has 20 heavy (non-hydrogen) atoms. The lowest BCUT2D eigenvalue weighted by Crippen LogP contribution is -2.57. The van der Waals surface area contributed by atoms with Gasteiger partial charge in [-0.3, -0.25) is 4.79 Å². The molecule has 3 atom stereocenters. The number of rotatable bonds is 4. The molecule has 1 aliphatic heterocycles. The summed E-state index contributed by atoms with van der Waals surface area (Å²) in [4.78, 5) is 13.7. The highest BCUT2D eigenvalue weighted by atomic mass is 16.5. The Labute approximate surface area is 117 Å². The zero-order valence-electron chi connectivity index (χ0n) is 11.9. The van der Waals surface area contributed by atoms with Crippen molar-refractivity contribution in [3.63, 3.8) is 0 Å². The van der Waals surface area contributed by atoms with Crippen molar-refractivity contribution in [1.82, 2.24) is 19.9 Å². The summed E-state index contributed by atoms with van der Waals surface area (Å²) in [7, 11) is 3.15. The topological polar surface area (TPSA) is 89.7 Å². The molecule has 1 N–H and O–H groups in total. The maximum absolute atomic E-state index is 12.2. The molecular weight excluding hydrogens is 264 g/mol. The molecule has 1 amide bonds. The minimum atomic E-state index is -0.764. The van der Waals surface area contributed by atoms with Crippen molar-refractivity contribution in [3.05, 3.63) is 11.9 Å². The van der Waals surface area contributed by atoms with E-state index in [1.165, 1.54) is 16.7 Å². The van der Waals surface area contributed by atoms with Gasteiger partial charge in [0.05, 0.1) is 24.9 Å². The molecule has 112 valence electrons. The number of hydrogen-bond acceptors (Lipinski definition) is 6. The summed E-state index contributed by atoms with van der Waals surface area (Å²) in [5.41, 5.74) is 0.751. The predicted octanol–water partition coefficient (Wildman–Crippen LogP) is -1.18. The largest absolute Gasteiger partial charge is 0.388 e. The molecule has 1 aromatic heterocycles. The van der Waals surface area contributed by atoms with Gasteiger partial charge in [0, 0.05) is 20.4 Å². The standard InChI is InChI=1S/C12H20N4O4/c1-8-4-16(14-13-8)5-11(17)15(2)9-6-20-7-10(19-3)12(9)18/h4,9-10,12,18H,5-7H2,1-3H3/t9-,10-,12+/m1/s1. The number of carbonyl (C=O) groups is 1. The summed E-state index contributed by atoms with van der Waals surface area (Å²) in [6, 6.07) is -0.425. The van der Waals surface area contributed by atoms with Gasteiger partial charge in [0.25, 0.3) is 0 Å². The van der Waals surface area contributed by atoms with E-state index in [4.69, 9.17) is 9.47 Å². The van der Waals surface area contributed by atoms with E-state index in [1.54, 1.807) is 20.2 Å². The zero-order valence-corrected chi connectivity index (χ0v) is 11.9. The minimum Gasteiger partial charge on any atom is -0.388 e. The van der Waals surface area contributed by atoms with Gasteiger partial charge in [-0.15, -0.1) is 5.10 Å². The fourth-order valence-electron chi connectivity index (χ4n) is 2.21. The molecular formula is C12H20N4O4. The van der Waals surface area contributed by atoms with Crippen LogP contribution in [0.1, 0.15) is 5.69 Å². The molecule has 0 bridgehead atoms. The Bertz CT molecular complexity index is 464. The average Bonchev–Trinajstić information content (AvgIpc) is 2.83. The highest BCUT2D eigenvalue weighted by Gasteiger charge is 2.36. The van der Waals surface area contributed by atoms with Crippen molar-refractivity contribution in [2.45, 2.75) is 31.7 Å². The molecule has 0 radical (unpaired) electrons. The number of ether oxygens (including phenoxy) is 2. The summed E-state index contributed by atoms with van der Waals surface area (Å²) >= 11 is 0. The van der Waals surface area contributed by atoms with Gasteiger partial charge < -0.3 is 19.5 Å². The Morgan fingerprint density at radius 1 is 1.65 bits per heavy atom. The van der Waals surface area contributed by atoms with Crippen LogP contribution in [0.25, 0.3) is 0 Å². The third-order valence-electron chi connectivity index (χ3n) is 3.49. The van der Waals surface area contributed by atoms with Crippen LogP contribution in [0.3, 0.4) is 0 Å². The zero-order chi connectivity index (χ0) is 14.7. The van der Waals surface area contributed by atoms with E-state index in [1.807, 2.05) is 0 Å². The third-order valence-corrected chi connectivity index (χ3v) is 3.49. The minimum absolute atomic E-state index is 0.0816. The van der Waals surface area contributed by atoms with E-state index in [2.05, 4.69) is 10.3 Å². The van der Waals surface area contributed by atoms with Crippen molar-refractivity contribution in [2.24, 2.45) is 0 Å². The van der Waals surface area contributed by atoms with Crippen LogP contribution in [0, 0.1) is 6.92 Å². The lowest BCUT2D eigenvalue weighted by atomic mass is 10.0. The number of methoxy groups -OCH3 is 1. The van der Waals surface area contributed by atoms with Gasteiger partial charge in [-0.25, -0.2) is 4.68 Å². The Hall–Kier alpha value is -1.51. The number of aryl methyl sites for hydroxylation is 1. The van der Waals surface area contributed by atoms with Crippen LogP contribution in [-0.2, 0) is 20.8 Å². The molecule has 1 saturated heterocycles. The molecule has 2 rings (SSSR count). The molecule has 2 heterocycles. The van der Waals surface area contributed by atoms with E-state index in [-0.39, 0.29) is 12.5 Å². The summed E-state index contributed by atoms with van der Waals surface area (Å²) < 4.78 is 12.0. The van der Waals surface area contributed by atoms with E-state index in [0.29, 0.717) is 13.2 Å². The van der Waals surface area contributed by atoms with E-state index < -0.39 is 18.2 Å². The van der Waals surface area contributed by atoms with Gasteiger partial charge in [0.2, 0.25) is 5.91 Å². The van der Waals surface area contributed by atoms with Gasteiger partial charge in [0.1, 0.15) is 18.8 Å². The number of nitrogens with zero attached hydrogens (tertiary/aromatic N) is 4. The van der Waals surface area contributed by atoms with E-state index in [9.17, 15) is 9.90 Å². The predicted molar refractivity (Wildman–Crippen MR) is 68.9 cm³/mol. The Kier molecular flexibility index (Phi) is 4.69. The lowest BCUT2D eigenvalue weighted by molar-refractivity contribution is -0.158. The number of aromatic nitrogens is 3. The van der Waals surface area contributed by atoms with Crippen molar-refractivity contribution >= 4 is 5.91 Å². The Morgan fingerprint density at radius 2 is 2.40 bits per heavy atom.